The van der Waals surface area contributed by atoms with Crippen LogP contribution in [0, 0.1) is 0 Å². The van der Waals surface area contributed by atoms with Crippen molar-refractivity contribution in [3.63, 3.8) is 0 Å². The van der Waals surface area contributed by atoms with Crippen LogP contribution in [0.3, 0.4) is 0 Å². The number of benzene rings is 3. The van der Waals surface area contributed by atoms with Gasteiger partial charge in [0.2, 0.25) is 5.83 Å². The average molecular weight is 631 g/mol. The Kier molecular flexibility index (Phi) is 12.1. The molecule has 0 saturated carbocycles. The molecule has 4 rings (SSSR count). The molecule has 8 nitrogen and oxygen atoms in total. The summed E-state index contributed by atoms with van der Waals surface area (Å²) in [5.41, 5.74) is 5.96. The molecule has 0 saturated heterocycles. The molecule has 0 amide bonds. The summed E-state index contributed by atoms with van der Waals surface area (Å²) >= 11 is 0. The Morgan fingerprint density at radius 1 is 0.826 bits per heavy atom. The molecular formula is C37H39FO8. The first kappa shape index (κ1) is 34.0. The lowest BCUT2D eigenvalue weighted by Crippen LogP contribution is -2.11. The number of unbranched alkanes of at least 4 members (excludes halogenated alkanes) is 3. The van der Waals surface area contributed by atoms with Crippen LogP contribution in [-0.4, -0.2) is 44.3 Å². The number of carbonyl (C=O) groups excluding carboxylic acids is 3. The van der Waals surface area contributed by atoms with E-state index in [9.17, 15) is 18.8 Å². The van der Waals surface area contributed by atoms with Gasteiger partial charge in [-0.25, -0.2) is 14.4 Å². The number of ether oxygens (including phenoxy) is 5. The van der Waals surface area contributed by atoms with E-state index >= 15 is 0 Å². The Morgan fingerprint density at radius 2 is 1.52 bits per heavy atom. The molecule has 0 spiro atoms. The second kappa shape index (κ2) is 16.4. The van der Waals surface area contributed by atoms with Gasteiger partial charge in [-0.1, -0.05) is 39.1 Å². The van der Waals surface area contributed by atoms with E-state index in [1.54, 1.807) is 30.3 Å². The molecular weight excluding hydrogens is 591 g/mol. The van der Waals surface area contributed by atoms with E-state index in [0.29, 0.717) is 30.1 Å². The first-order valence-corrected chi connectivity index (χ1v) is 15.4. The number of hydrogen-bond acceptors (Lipinski definition) is 8. The van der Waals surface area contributed by atoms with Gasteiger partial charge in [0.05, 0.1) is 18.8 Å². The highest BCUT2D eigenvalue weighted by Crippen LogP contribution is 2.48. The second-order valence-corrected chi connectivity index (χ2v) is 10.8. The molecule has 0 aliphatic heterocycles. The summed E-state index contributed by atoms with van der Waals surface area (Å²) in [4.78, 5) is 35.4. The van der Waals surface area contributed by atoms with Gasteiger partial charge < -0.3 is 23.7 Å². The van der Waals surface area contributed by atoms with Gasteiger partial charge in [-0.2, -0.15) is 4.39 Å². The molecule has 0 fully saturated rings. The van der Waals surface area contributed by atoms with Crippen LogP contribution in [-0.2, 0) is 25.5 Å². The number of esters is 3. The van der Waals surface area contributed by atoms with Crippen molar-refractivity contribution >= 4 is 17.9 Å². The summed E-state index contributed by atoms with van der Waals surface area (Å²) in [6, 6.07) is 16.5. The van der Waals surface area contributed by atoms with Gasteiger partial charge in [-0.15, -0.1) is 0 Å². The zero-order valence-electron chi connectivity index (χ0n) is 26.3. The van der Waals surface area contributed by atoms with Crippen LogP contribution in [0.1, 0.15) is 72.5 Å². The minimum atomic E-state index is -1.09. The predicted molar refractivity (Wildman–Crippen MR) is 172 cm³/mol. The SMILES string of the molecule is C=CC(=O)OCCOc1ccc2c(c1CC)C(C)c1cc(C(=O)Oc3ccc(OCCCCCCOC(=O)C(=C)F)cc3)ccc1-2. The molecule has 1 unspecified atom stereocenters. The van der Waals surface area contributed by atoms with Crippen molar-refractivity contribution in [2.24, 2.45) is 0 Å². The monoisotopic (exact) mass is 630 g/mol. The Balaban J connectivity index is 1.28. The Hall–Kier alpha value is -4.92. The molecule has 1 aliphatic rings. The van der Waals surface area contributed by atoms with Gasteiger partial charge >= 0.3 is 17.9 Å². The van der Waals surface area contributed by atoms with Crippen molar-refractivity contribution < 1.29 is 42.5 Å². The highest BCUT2D eigenvalue weighted by molar-refractivity contribution is 5.93. The fourth-order valence-corrected chi connectivity index (χ4v) is 5.44. The maximum Gasteiger partial charge on any atom is 0.366 e. The molecule has 242 valence electrons. The van der Waals surface area contributed by atoms with Crippen LogP contribution in [0.5, 0.6) is 17.2 Å². The lowest BCUT2D eigenvalue weighted by Gasteiger charge is -2.17. The molecule has 0 N–H and O–H groups in total. The molecule has 0 aromatic heterocycles. The smallest absolute Gasteiger partial charge is 0.366 e. The summed E-state index contributed by atoms with van der Waals surface area (Å²) in [6.45, 7) is 11.5. The number of carbonyl (C=O) groups is 3. The van der Waals surface area contributed by atoms with Crippen molar-refractivity contribution in [1.29, 1.82) is 0 Å². The second-order valence-electron chi connectivity index (χ2n) is 10.8. The van der Waals surface area contributed by atoms with Crippen LogP contribution in [0.25, 0.3) is 11.1 Å². The third-order valence-corrected chi connectivity index (χ3v) is 7.69. The third-order valence-electron chi connectivity index (χ3n) is 7.69. The molecule has 3 aromatic carbocycles. The summed E-state index contributed by atoms with van der Waals surface area (Å²) in [7, 11) is 0. The third kappa shape index (κ3) is 8.62. The molecule has 1 atom stereocenters. The quantitative estimate of drug-likeness (QED) is 0.0649. The molecule has 0 bridgehead atoms. The van der Waals surface area contributed by atoms with E-state index in [1.165, 1.54) is 5.56 Å². The summed E-state index contributed by atoms with van der Waals surface area (Å²) in [5.74, 6) is -1.16. The Morgan fingerprint density at radius 3 is 2.22 bits per heavy atom. The molecule has 46 heavy (non-hydrogen) atoms. The molecule has 0 heterocycles. The van der Waals surface area contributed by atoms with Crippen molar-refractivity contribution in [2.75, 3.05) is 26.4 Å². The minimum absolute atomic E-state index is 0.0469. The zero-order valence-corrected chi connectivity index (χ0v) is 26.3. The molecule has 9 heteroatoms. The maximum absolute atomic E-state index is 13.1. The summed E-state index contributed by atoms with van der Waals surface area (Å²) < 4.78 is 39.7. The van der Waals surface area contributed by atoms with Gasteiger partial charge in [0.25, 0.3) is 0 Å². The van der Waals surface area contributed by atoms with Gasteiger partial charge in [0.1, 0.15) is 30.5 Å². The van der Waals surface area contributed by atoms with E-state index in [-0.39, 0.29) is 25.7 Å². The van der Waals surface area contributed by atoms with E-state index in [1.807, 2.05) is 24.3 Å². The van der Waals surface area contributed by atoms with Gasteiger partial charge in [-0.3, -0.25) is 0 Å². The van der Waals surface area contributed by atoms with Crippen molar-refractivity contribution in [3.05, 3.63) is 102 Å². The van der Waals surface area contributed by atoms with Crippen LogP contribution >= 0.6 is 0 Å². The number of fused-ring (bicyclic) bond motifs is 3. The fraction of sp³-hybridized carbons (Fsp3) is 0.324. The fourth-order valence-electron chi connectivity index (χ4n) is 5.44. The van der Waals surface area contributed by atoms with E-state index in [0.717, 1.165) is 59.8 Å². The highest BCUT2D eigenvalue weighted by Gasteiger charge is 2.30. The average Bonchev–Trinajstić information content (AvgIpc) is 3.35. The lowest BCUT2D eigenvalue weighted by atomic mass is 9.92. The number of rotatable bonds is 17. The Bertz CT molecular complexity index is 1580. The van der Waals surface area contributed by atoms with Crippen LogP contribution < -0.4 is 14.2 Å². The predicted octanol–water partition coefficient (Wildman–Crippen LogP) is 7.67. The maximum atomic E-state index is 13.1. The van der Waals surface area contributed by atoms with Crippen molar-refractivity contribution in [1.82, 2.24) is 0 Å². The molecule has 3 aromatic rings. The number of hydrogen-bond donors (Lipinski definition) is 0. The van der Waals surface area contributed by atoms with Crippen molar-refractivity contribution in [2.45, 2.75) is 51.9 Å². The molecule has 0 radical (unpaired) electrons. The van der Waals surface area contributed by atoms with Gasteiger partial charge in [0.15, 0.2) is 0 Å². The minimum Gasteiger partial charge on any atom is -0.494 e. The normalized spacial score (nSPS) is 12.8. The topological polar surface area (TPSA) is 97.4 Å². The van der Waals surface area contributed by atoms with Crippen LogP contribution in [0.15, 0.2) is 79.7 Å². The molecule has 1 aliphatic carbocycles. The Labute approximate surface area is 268 Å². The van der Waals surface area contributed by atoms with Gasteiger partial charge in [0, 0.05) is 12.0 Å². The van der Waals surface area contributed by atoms with Crippen LogP contribution in [0.2, 0.25) is 0 Å². The van der Waals surface area contributed by atoms with Crippen LogP contribution in [0.4, 0.5) is 4.39 Å². The highest BCUT2D eigenvalue weighted by atomic mass is 19.1. The lowest BCUT2D eigenvalue weighted by molar-refractivity contribution is -0.141. The van der Waals surface area contributed by atoms with E-state index in [2.05, 4.69) is 27.0 Å². The first-order chi connectivity index (χ1) is 22.2. The zero-order chi connectivity index (χ0) is 33.1. The standard InChI is InChI=1S/C37H39FO8/c1-5-29-33(43-21-22-44-34(39)6-2)18-17-31-30-16-11-26(23-32(30)24(3)35(29)31)37(41)46-28-14-12-27(13-15-28)42-19-9-7-8-10-20-45-36(40)25(4)38/h6,11-18,23-24H,2,4-5,7-10,19-22H2,1,3H3. The van der Waals surface area contributed by atoms with Gasteiger partial charge in [-0.05, 0) is 102 Å². The van der Waals surface area contributed by atoms with E-state index < -0.39 is 23.7 Å². The largest absolute Gasteiger partial charge is 0.494 e. The summed E-state index contributed by atoms with van der Waals surface area (Å²) in [6.07, 6.45) is 5.03. The van der Waals surface area contributed by atoms with Crippen molar-refractivity contribution in [3.8, 4) is 28.4 Å². The summed E-state index contributed by atoms with van der Waals surface area (Å²) in [5, 5.41) is 0. The first-order valence-electron chi connectivity index (χ1n) is 15.4. The number of halogens is 1. The van der Waals surface area contributed by atoms with E-state index in [4.69, 9.17) is 23.7 Å².